The van der Waals surface area contributed by atoms with Crippen LogP contribution in [0.2, 0.25) is 0 Å². The smallest absolute Gasteiger partial charge is 0.0492 e. The fraction of sp³-hybridized carbons (Fsp3) is 0.667. The quantitative estimate of drug-likeness (QED) is 0.729. The van der Waals surface area contributed by atoms with Gasteiger partial charge in [0.25, 0.3) is 0 Å². The first-order valence-corrected chi connectivity index (χ1v) is 4.42. The summed E-state index contributed by atoms with van der Waals surface area (Å²) in [5.74, 6) is 0. The number of nitrogens with two attached hydrogens (primary N) is 1. The van der Waals surface area contributed by atoms with Crippen LogP contribution in [0.1, 0.15) is 25.5 Å². The summed E-state index contributed by atoms with van der Waals surface area (Å²) in [5.41, 5.74) is 6.94. The molecule has 0 saturated heterocycles. The van der Waals surface area contributed by atoms with Gasteiger partial charge in [-0.15, -0.1) is 0 Å². The molecule has 68 valence electrons. The topological polar surface area (TPSA) is 43.8 Å². The summed E-state index contributed by atoms with van der Waals surface area (Å²) >= 11 is 0. The van der Waals surface area contributed by atoms with Crippen molar-refractivity contribution in [3.63, 3.8) is 0 Å². The Labute approximate surface area is 73.6 Å². The van der Waals surface area contributed by atoms with E-state index in [0.717, 1.165) is 19.3 Å². The van der Waals surface area contributed by atoms with Gasteiger partial charge < -0.3 is 5.73 Å². The maximum atomic E-state index is 5.65. The molecule has 0 aliphatic rings. The van der Waals surface area contributed by atoms with E-state index in [0.29, 0.717) is 6.04 Å². The summed E-state index contributed by atoms with van der Waals surface area (Å²) in [6.07, 6.45) is 5.15. The van der Waals surface area contributed by atoms with Crippen molar-refractivity contribution < 1.29 is 0 Å². The normalized spacial score (nSPS) is 13.2. The molecule has 3 nitrogen and oxygen atoms in total. The fourth-order valence-electron chi connectivity index (χ4n) is 1.25. The standard InChI is InChI=1S/C9H17N3/c1-8(10)4-3-5-9-6-7-11-12(9)2/h6-8H,3-5,10H2,1-2H3. The van der Waals surface area contributed by atoms with Crippen molar-refractivity contribution in [2.45, 2.75) is 32.2 Å². The molecule has 1 heterocycles. The van der Waals surface area contributed by atoms with Gasteiger partial charge in [-0.1, -0.05) is 0 Å². The molecule has 2 N–H and O–H groups in total. The fourth-order valence-corrected chi connectivity index (χ4v) is 1.25. The van der Waals surface area contributed by atoms with E-state index in [2.05, 4.69) is 11.2 Å². The second-order valence-electron chi connectivity index (χ2n) is 3.32. The van der Waals surface area contributed by atoms with Crippen LogP contribution < -0.4 is 5.73 Å². The molecule has 0 spiro atoms. The average molecular weight is 167 g/mol. The van der Waals surface area contributed by atoms with Crippen LogP contribution in [-0.2, 0) is 13.5 Å². The van der Waals surface area contributed by atoms with Gasteiger partial charge in [-0.25, -0.2) is 0 Å². The van der Waals surface area contributed by atoms with E-state index in [4.69, 9.17) is 5.73 Å². The van der Waals surface area contributed by atoms with Crippen molar-refractivity contribution in [2.75, 3.05) is 0 Å². The maximum Gasteiger partial charge on any atom is 0.0492 e. The summed E-state index contributed by atoms with van der Waals surface area (Å²) in [6, 6.07) is 2.37. The minimum atomic E-state index is 0.318. The molecular formula is C9H17N3. The van der Waals surface area contributed by atoms with Crippen LogP contribution in [0.3, 0.4) is 0 Å². The highest BCUT2D eigenvalue weighted by molar-refractivity contribution is 4.99. The highest BCUT2D eigenvalue weighted by atomic mass is 15.2. The number of aryl methyl sites for hydroxylation is 2. The lowest BCUT2D eigenvalue weighted by Gasteiger charge is -2.04. The van der Waals surface area contributed by atoms with Crippen LogP contribution in [0.5, 0.6) is 0 Å². The van der Waals surface area contributed by atoms with E-state index in [1.165, 1.54) is 5.69 Å². The highest BCUT2D eigenvalue weighted by Crippen LogP contribution is 2.04. The van der Waals surface area contributed by atoms with E-state index < -0.39 is 0 Å². The minimum absolute atomic E-state index is 0.318. The zero-order valence-electron chi connectivity index (χ0n) is 7.83. The van der Waals surface area contributed by atoms with Crippen molar-refractivity contribution in [2.24, 2.45) is 12.8 Å². The summed E-state index contributed by atoms with van der Waals surface area (Å²) in [5, 5.41) is 4.10. The Kier molecular flexibility index (Phi) is 3.29. The lowest BCUT2D eigenvalue weighted by molar-refractivity contribution is 0.601. The molecule has 0 aromatic carbocycles. The van der Waals surface area contributed by atoms with E-state index in [1.807, 2.05) is 24.9 Å². The van der Waals surface area contributed by atoms with Gasteiger partial charge in [0, 0.05) is 25.0 Å². The van der Waals surface area contributed by atoms with Crippen LogP contribution in [0.25, 0.3) is 0 Å². The molecule has 0 aliphatic heterocycles. The van der Waals surface area contributed by atoms with Gasteiger partial charge in [-0.2, -0.15) is 5.10 Å². The SMILES string of the molecule is CC(N)CCCc1ccnn1C. The number of rotatable bonds is 4. The number of hydrogen-bond acceptors (Lipinski definition) is 2. The first-order chi connectivity index (χ1) is 5.70. The second-order valence-corrected chi connectivity index (χ2v) is 3.32. The minimum Gasteiger partial charge on any atom is -0.328 e. The molecule has 0 saturated carbocycles. The Hall–Kier alpha value is -0.830. The number of aromatic nitrogens is 2. The molecule has 1 aromatic heterocycles. The third kappa shape index (κ3) is 2.66. The van der Waals surface area contributed by atoms with Gasteiger partial charge >= 0.3 is 0 Å². The third-order valence-corrected chi connectivity index (χ3v) is 2.01. The van der Waals surface area contributed by atoms with Crippen molar-refractivity contribution in [1.29, 1.82) is 0 Å². The lowest BCUT2D eigenvalue weighted by atomic mass is 10.1. The van der Waals surface area contributed by atoms with Gasteiger partial charge in [0.2, 0.25) is 0 Å². The molecule has 1 rings (SSSR count). The van der Waals surface area contributed by atoms with Crippen molar-refractivity contribution >= 4 is 0 Å². The van der Waals surface area contributed by atoms with Crippen LogP contribution in [0.4, 0.5) is 0 Å². The average Bonchev–Trinajstić information content (AvgIpc) is 2.36. The van der Waals surface area contributed by atoms with Crippen LogP contribution >= 0.6 is 0 Å². The Morgan fingerprint density at radius 1 is 1.67 bits per heavy atom. The van der Waals surface area contributed by atoms with Crippen LogP contribution in [0.15, 0.2) is 12.3 Å². The van der Waals surface area contributed by atoms with Crippen LogP contribution in [0, 0.1) is 0 Å². The third-order valence-electron chi connectivity index (χ3n) is 2.01. The van der Waals surface area contributed by atoms with Gasteiger partial charge in [-0.05, 0) is 32.3 Å². The number of hydrogen-bond donors (Lipinski definition) is 1. The molecule has 0 radical (unpaired) electrons. The predicted octanol–water partition coefficient (Wildman–Crippen LogP) is 1.09. The largest absolute Gasteiger partial charge is 0.328 e. The highest BCUT2D eigenvalue weighted by Gasteiger charge is 1.99. The van der Waals surface area contributed by atoms with Gasteiger partial charge in [-0.3, -0.25) is 4.68 Å². The van der Waals surface area contributed by atoms with Crippen molar-refractivity contribution in [3.05, 3.63) is 18.0 Å². The maximum absolute atomic E-state index is 5.65. The van der Waals surface area contributed by atoms with E-state index >= 15 is 0 Å². The monoisotopic (exact) mass is 167 g/mol. The van der Waals surface area contributed by atoms with E-state index in [-0.39, 0.29) is 0 Å². The van der Waals surface area contributed by atoms with E-state index in [9.17, 15) is 0 Å². The molecule has 1 aromatic rings. The van der Waals surface area contributed by atoms with Crippen molar-refractivity contribution in [1.82, 2.24) is 9.78 Å². The molecule has 0 fully saturated rings. The molecule has 0 aliphatic carbocycles. The summed E-state index contributed by atoms with van der Waals surface area (Å²) < 4.78 is 1.92. The first kappa shape index (κ1) is 9.26. The molecule has 1 unspecified atom stereocenters. The lowest BCUT2D eigenvalue weighted by Crippen LogP contribution is -2.14. The zero-order valence-corrected chi connectivity index (χ0v) is 7.83. The second kappa shape index (κ2) is 4.26. The Morgan fingerprint density at radius 3 is 2.92 bits per heavy atom. The molecular weight excluding hydrogens is 150 g/mol. The van der Waals surface area contributed by atoms with Crippen molar-refractivity contribution in [3.8, 4) is 0 Å². The first-order valence-electron chi connectivity index (χ1n) is 4.42. The summed E-state index contributed by atoms with van der Waals surface area (Å²) in [7, 11) is 1.97. The Balaban J connectivity index is 2.29. The van der Waals surface area contributed by atoms with Gasteiger partial charge in [0.15, 0.2) is 0 Å². The van der Waals surface area contributed by atoms with Gasteiger partial charge in [0.1, 0.15) is 0 Å². The van der Waals surface area contributed by atoms with E-state index in [1.54, 1.807) is 0 Å². The summed E-state index contributed by atoms with van der Waals surface area (Å²) in [6.45, 7) is 2.04. The molecule has 3 heteroatoms. The molecule has 1 atom stereocenters. The zero-order chi connectivity index (χ0) is 8.97. The molecule has 12 heavy (non-hydrogen) atoms. The Bertz CT molecular complexity index is 227. The van der Waals surface area contributed by atoms with Crippen LogP contribution in [-0.4, -0.2) is 15.8 Å². The predicted molar refractivity (Wildman–Crippen MR) is 49.8 cm³/mol. The number of nitrogens with zero attached hydrogens (tertiary/aromatic N) is 2. The summed E-state index contributed by atoms with van der Waals surface area (Å²) in [4.78, 5) is 0. The Morgan fingerprint density at radius 2 is 2.42 bits per heavy atom. The van der Waals surface area contributed by atoms with Gasteiger partial charge in [0.05, 0.1) is 0 Å². The molecule has 0 amide bonds. The molecule has 0 bridgehead atoms.